The highest BCUT2D eigenvalue weighted by atomic mass is 35.5. The second-order valence-corrected chi connectivity index (χ2v) is 9.83. The Morgan fingerprint density at radius 3 is 2.23 bits per heavy atom. The highest BCUT2D eigenvalue weighted by Crippen LogP contribution is 2.36. The van der Waals surface area contributed by atoms with Crippen LogP contribution in [0.25, 0.3) is 0 Å². The smallest absolute Gasteiger partial charge is 0.348 e. The van der Waals surface area contributed by atoms with E-state index >= 15 is 0 Å². The molecule has 5 nitrogen and oxygen atoms in total. The van der Waals surface area contributed by atoms with Gasteiger partial charge in [0.1, 0.15) is 6.54 Å². The fourth-order valence-electron chi connectivity index (χ4n) is 3.21. The molecule has 0 heterocycles. The lowest BCUT2D eigenvalue weighted by Crippen LogP contribution is -2.41. The average molecular weight is 477 g/mol. The first kappa shape index (κ1) is 25.0. The molecule has 0 aliphatic heterocycles. The minimum absolute atomic E-state index is 0.218. The second-order valence-electron chi connectivity index (χ2n) is 7.52. The van der Waals surface area contributed by atoms with Gasteiger partial charge in [-0.25, -0.2) is 8.42 Å². The van der Waals surface area contributed by atoms with Gasteiger partial charge in [-0.2, -0.15) is 13.2 Å². The molecule has 0 radical (unpaired) electrons. The molecule has 0 saturated heterocycles. The van der Waals surface area contributed by atoms with Crippen LogP contribution in [0.1, 0.15) is 40.8 Å². The lowest BCUT2D eigenvalue weighted by molar-refractivity contribution is -0.137. The van der Waals surface area contributed by atoms with Crippen LogP contribution in [0.3, 0.4) is 0 Å². The van der Waals surface area contributed by atoms with Crippen LogP contribution in [-0.2, 0) is 21.0 Å². The molecule has 2 aromatic carbocycles. The van der Waals surface area contributed by atoms with E-state index in [1.165, 1.54) is 0 Å². The molecule has 2 rings (SSSR count). The number of aryl methyl sites for hydroxylation is 3. The summed E-state index contributed by atoms with van der Waals surface area (Å²) in [4.78, 5) is 12.6. The molecule has 31 heavy (non-hydrogen) atoms. The van der Waals surface area contributed by atoms with Gasteiger partial charge in [0, 0.05) is 0 Å². The van der Waals surface area contributed by atoms with Crippen LogP contribution in [0.5, 0.6) is 0 Å². The van der Waals surface area contributed by atoms with Gasteiger partial charge in [0.2, 0.25) is 15.9 Å². The maximum absolute atomic E-state index is 13.1. The Morgan fingerprint density at radius 1 is 1.10 bits per heavy atom. The normalized spacial score (nSPS) is 13.1. The van der Waals surface area contributed by atoms with E-state index in [1.54, 1.807) is 6.92 Å². The van der Waals surface area contributed by atoms with Crippen LogP contribution < -0.4 is 9.62 Å². The summed E-state index contributed by atoms with van der Waals surface area (Å²) in [6.07, 6.45) is -3.89. The molecule has 0 aromatic heterocycles. The minimum Gasteiger partial charge on any atom is -0.348 e. The average Bonchev–Trinajstić information content (AvgIpc) is 2.61. The Bertz CT molecular complexity index is 1100. The Kier molecular flexibility index (Phi) is 7.32. The zero-order chi connectivity index (χ0) is 23.7. The molecule has 1 amide bonds. The fourth-order valence-corrected chi connectivity index (χ4v) is 4.34. The number of amides is 1. The number of benzene rings is 2. The van der Waals surface area contributed by atoms with Gasteiger partial charge in [-0.15, -0.1) is 0 Å². The maximum Gasteiger partial charge on any atom is 0.416 e. The molecule has 2 aromatic rings. The predicted octanol–water partition coefficient (Wildman–Crippen LogP) is 4.93. The zero-order valence-corrected chi connectivity index (χ0v) is 19.3. The Hall–Kier alpha value is -2.26. The van der Waals surface area contributed by atoms with E-state index in [2.05, 4.69) is 5.32 Å². The lowest BCUT2D eigenvalue weighted by Gasteiger charge is -2.25. The van der Waals surface area contributed by atoms with E-state index in [9.17, 15) is 26.4 Å². The molecule has 0 unspecified atom stereocenters. The lowest BCUT2D eigenvalue weighted by atomic mass is 9.96. The molecule has 1 N–H and O–H groups in total. The highest BCUT2D eigenvalue weighted by molar-refractivity contribution is 7.92. The van der Waals surface area contributed by atoms with Gasteiger partial charge in [-0.1, -0.05) is 23.7 Å². The van der Waals surface area contributed by atoms with Crippen molar-refractivity contribution in [2.24, 2.45) is 0 Å². The molecular formula is C21H24ClF3N2O3S. The quantitative estimate of drug-likeness (QED) is 0.643. The second kappa shape index (κ2) is 9.08. The zero-order valence-electron chi connectivity index (χ0n) is 17.8. The predicted molar refractivity (Wildman–Crippen MR) is 116 cm³/mol. The van der Waals surface area contributed by atoms with E-state index in [4.69, 9.17) is 11.6 Å². The Morgan fingerprint density at radius 2 is 1.68 bits per heavy atom. The number of halogens is 4. The molecular weight excluding hydrogens is 453 g/mol. The summed E-state index contributed by atoms with van der Waals surface area (Å²) in [5.41, 5.74) is 2.47. The summed E-state index contributed by atoms with van der Waals surface area (Å²) in [7, 11) is -4.10. The van der Waals surface area contributed by atoms with Gasteiger partial charge in [-0.05, 0) is 68.1 Å². The summed E-state index contributed by atoms with van der Waals surface area (Å²) >= 11 is 5.98. The van der Waals surface area contributed by atoms with Crippen LogP contribution in [-0.4, -0.2) is 27.1 Å². The van der Waals surface area contributed by atoms with Crippen LogP contribution in [0.4, 0.5) is 18.9 Å². The molecule has 0 fully saturated rings. The number of carbonyl (C=O) groups excluding carboxylic acids is 1. The molecule has 170 valence electrons. The van der Waals surface area contributed by atoms with Gasteiger partial charge in [0.05, 0.1) is 28.6 Å². The van der Waals surface area contributed by atoms with Crippen molar-refractivity contribution in [3.05, 3.63) is 63.2 Å². The van der Waals surface area contributed by atoms with E-state index in [0.29, 0.717) is 10.4 Å². The summed E-state index contributed by atoms with van der Waals surface area (Å²) in [6.45, 7) is 6.84. The maximum atomic E-state index is 13.1. The first-order valence-corrected chi connectivity index (χ1v) is 11.6. The molecule has 0 bridgehead atoms. The number of alkyl halides is 3. The van der Waals surface area contributed by atoms with Gasteiger partial charge >= 0.3 is 6.18 Å². The number of nitrogens with zero attached hydrogens (tertiary/aromatic N) is 1. The molecule has 0 aliphatic carbocycles. The van der Waals surface area contributed by atoms with E-state index in [1.807, 2.05) is 32.9 Å². The standard InChI is InChI=1S/C21H24ClF3N2O3S/c1-12-8-14(3)17(9-13(12)2)15(4)26-20(28)11-27(31(5,29)30)19-10-16(21(23,24)25)6-7-18(19)22/h6-10,15H,11H2,1-5H3,(H,26,28)/t15-/m1/s1. The van der Waals surface area contributed by atoms with Gasteiger partial charge in [0.25, 0.3) is 0 Å². The van der Waals surface area contributed by atoms with Gasteiger partial charge in [-0.3, -0.25) is 9.10 Å². The number of carbonyl (C=O) groups is 1. The van der Waals surface area contributed by atoms with Crippen LogP contribution in [0, 0.1) is 20.8 Å². The number of hydrogen-bond donors (Lipinski definition) is 1. The van der Waals surface area contributed by atoms with Crippen molar-refractivity contribution in [2.75, 3.05) is 17.1 Å². The van der Waals surface area contributed by atoms with Gasteiger partial charge in [0.15, 0.2) is 0 Å². The van der Waals surface area contributed by atoms with E-state index < -0.39 is 45.9 Å². The Balaban J connectivity index is 2.33. The molecule has 10 heteroatoms. The van der Waals surface area contributed by atoms with Crippen molar-refractivity contribution >= 4 is 33.2 Å². The number of hydrogen-bond acceptors (Lipinski definition) is 3. The molecule has 0 aliphatic rings. The first-order valence-electron chi connectivity index (χ1n) is 9.33. The summed E-state index contributed by atoms with van der Waals surface area (Å²) < 4.78 is 64.4. The van der Waals surface area contributed by atoms with E-state index in [-0.39, 0.29) is 5.02 Å². The molecule has 0 saturated carbocycles. The third kappa shape index (κ3) is 6.13. The third-order valence-corrected chi connectivity index (χ3v) is 6.40. The van der Waals surface area contributed by atoms with Crippen LogP contribution >= 0.6 is 11.6 Å². The number of anilines is 1. The Labute approximate surface area is 185 Å². The third-order valence-electron chi connectivity index (χ3n) is 4.96. The highest BCUT2D eigenvalue weighted by Gasteiger charge is 2.33. The topological polar surface area (TPSA) is 66.5 Å². The van der Waals surface area contributed by atoms with Crippen LogP contribution in [0.2, 0.25) is 5.02 Å². The summed E-state index contributed by atoms with van der Waals surface area (Å²) in [5, 5.41) is 2.49. The van der Waals surface area contributed by atoms with Crippen molar-refractivity contribution in [3.63, 3.8) is 0 Å². The monoisotopic (exact) mass is 476 g/mol. The number of rotatable bonds is 6. The molecule has 0 spiro atoms. The van der Waals surface area contributed by atoms with Crippen molar-refractivity contribution in [2.45, 2.75) is 39.9 Å². The summed E-state index contributed by atoms with van der Waals surface area (Å²) in [5.74, 6) is -0.677. The van der Waals surface area contributed by atoms with Crippen molar-refractivity contribution in [1.29, 1.82) is 0 Å². The number of nitrogens with one attached hydrogen (secondary N) is 1. The molecule has 1 atom stereocenters. The minimum atomic E-state index is -4.69. The number of sulfonamides is 1. The SMILES string of the molecule is Cc1cc(C)c([C@@H](C)NC(=O)CN(c2cc(C(F)(F)F)ccc2Cl)S(C)(=O)=O)cc1C. The van der Waals surface area contributed by atoms with Crippen LogP contribution in [0.15, 0.2) is 30.3 Å². The largest absolute Gasteiger partial charge is 0.416 e. The van der Waals surface area contributed by atoms with Crippen molar-refractivity contribution in [3.8, 4) is 0 Å². The summed E-state index contributed by atoms with van der Waals surface area (Å²) in [6, 6.07) is 5.80. The van der Waals surface area contributed by atoms with Gasteiger partial charge < -0.3 is 5.32 Å². The van der Waals surface area contributed by atoms with E-state index in [0.717, 1.165) is 40.6 Å². The first-order chi connectivity index (χ1) is 14.1. The fraction of sp³-hybridized carbons (Fsp3) is 0.381. The van der Waals surface area contributed by atoms with Crippen molar-refractivity contribution in [1.82, 2.24) is 5.32 Å². The van der Waals surface area contributed by atoms with Crippen molar-refractivity contribution < 1.29 is 26.4 Å².